The van der Waals surface area contributed by atoms with Crippen molar-refractivity contribution in [2.45, 2.75) is 13.4 Å². The minimum atomic E-state index is -3.72. The van der Waals surface area contributed by atoms with Crippen LogP contribution in [0.3, 0.4) is 0 Å². The number of aliphatic hydroxyl groups excluding tert-OH is 1. The fourth-order valence-corrected chi connectivity index (χ4v) is 0.598. The lowest BCUT2D eigenvalue weighted by molar-refractivity contribution is -0.176. The van der Waals surface area contributed by atoms with E-state index < -0.39 is 16.6 Å². The molecule has 0 radical (unpaired) electrons. The zero-order valence-electron chi connectivity index (χ0n) is 4.81. The van der Waals surface area contributed by atoms with E-state index in [2.05, 4.69) is 4.18 Å². The standard InChI is InChI=1S/C3H8O5S/c1-2-9(6,7)8-3(4)5/h3-5H,2H2,1H3. The predicted octanol–water partition coefficient (Wildman–Crippen LogP) is -1.38. The molecule has 0 fully saturated rings. The molecular weight excluding hydrogens is 148 g/mol. The second-order valence-electron chi connectivity index (χ2n) is 1.27. The Balaban J connectivity index is 3.90. The number of hydrogen-bond acceptors (Lipinski definition) is 5. The Bertz CT molecular complexity index is 157. The maximum Gasteiger partial charge on any atom is 0.282 e. The highest BCUT2D eigenvalue weighted by Crippen LogP contribution is 1.93. The van der Waals surface area contributed by atoms with Gasteiger partial charge in [0.25, 0.3) is 16.6 Å². The van der Waals surface area contributed by atoms with Gasteiger partial charge in [-0.1, -0.05) is 0 Å². The van der Waals surface area contributed by atoms with Crippen molar-refractivity contribution in [1.29, 1.82) is 0 Å². The van der Waals surface area contributed by atoms with Crippen LogP contribution in [0.15, 0.2) is 0 Å². The average Bonchev–Trinajstić information content (AvgIpc) is 1.63. The van der Waals surface area contributed by atoms with Gasteiger partial charge in [0.2, 0.25) is 0 Å². The molecule has 6 heteroatoms. The summed E-state index contributed by atoms with van der Waals surface area (Å²) in [6.07, 6.45) is 0. The summed E-state index contributed by atoms with van der Waals surface area (Å²) in [4.78, 5) is 0. The van der Waals surface area contributed by atoms with E-state index in [0.29, 0.717) is 0 Å². The van der Waals surface area contributed by atoms with Crippen molar-refractivity contribution in [2.24, 2.45) is 0 Å². The Hall–Kier alpha value is -0.170. The fraction of sp³-hybridized carbons (Fsp3) is 1.00. The van der Waals surface area contributed by atoms with Crippen LogP contribution >= 0.6 is 0 Å². The maximum atomic E-state index is 10.3. The molecule has 0 rings (SSSR count). The molecule has 0 aliphatic heterocycles. The van der Waals surface area contributed by atoms with E-state index in [4.69, 9.17) is 10.2 Å². The molecule has 0 atom stereocenters. The molecule has 0 aliphatic carbocycles. The molecular formula is C3H8O5S. The lowest BCUT2D eigenvalue weighted by Gasteiger charge is -2.02. The lowest BCUT2D eigenvalue weighted by atomic mass is 11.0. The molecule has 5 nitrogen and oxygen atoms in total. The Morgan fingerprint density at radius 1 is 1.56 bits per heavy atom. The SMILES string of the molecule is CCS(=O)(=O)OC(O)O. The molecule has 0 saturated heterocycles. The summed E-state index contributed by atoms with van der Waals surface area (Å²) in [5.41, 5.74) is 0. The van der Waals surface area contributed by atoms with Crippen LogP contribution in [-0.4, -0.2) is 30.9 Å². The van der Waals surface area contributed by atoms with Crippen molar-refractivity contribution in [2.75, 3.05) is 5.75 Å². The summed E-state index contributed by atoms with van der Waals surface area (Å²) in [7, 11) is -3.72. The fourth-order valence-electron chi connectivity index (χ4n) is 0.199. The van der Waals surface area contributed by atoms with Gasteiger partial charge < -0.3 is 10.2 Å². The molecule has 0 saturated carbocycles. The molecule has 0 aromatic rings. The third-order valence-electron chi connectivity index (χ3n) is 0.586. The number of hydrogen-bond donors (Lipinski definition) is 2. The first kappa shape index (κ1) is 8.83. The van der Waals surface area contributed by atoms with Crippen molar-refractivity contribution >= 4 is 10.1 Å². The summed E-state index contributed by atoms with van der Waals surface area (Å²) in [6, 6.07) is 0. The quantitative estimate of drug-likeness (QED) is 0.388. The van der Waals surface area contributed by atoms with E-state index in [-0.39, 0.29) is 5.75 Å². The van der Waals surface area contributed by atoms with E-state index in [0.717, 1.165) is 0 Å². The summed E-state index contributed by atoms with van der Waals surface area (Å²) < 4.78 is 24.2. The average molecular weight is 156 g/mol. The first-order valence-electron chi connectivity index (χ1n) is 2.25. The van der Waals surface area contributed by atoms with Gasteiger partial charge in [-0.05, 0) is 6.92 Å². The van der Waals surface area contributed by atoms with Gasteiger partial charge in [0.15, 0.2) is 0 Å². The van der Waals surface area contributed by atoms with Crippen LogP contribution in [0.5, 0.6) is 0 Å². The predicted molar refractivity (Wildman–Crippen MR) is 28.8 cm³/mol. The van der Waals surface area contributed by atoms with Gasteiger partial charge in [0, 0.05) is 0 Å². The molecule has 2 N–H and O–H groups in total. The molecule has 0 amide bonds. The van der Waals surface area contributed by atoms with Crippen LogP contribution in [0.25, 0.3) is 0 Å². The van der Waals surface area contributed by atoms with E-state index >= 15 is 0 Å². The number of aliphatic hydroxyl groups is 2. The van der Waals surface area contributed by atoms with Gasteiger partial charge in [-0.25, -0.2) is 4.18 Å². The summed E-state index contributed by atoms with van der Waals surface area (Å²) in [6.45, 7) is -0.910. The Morgan fingerprint density at radius 3 is 2.11 bits per heavy atom. The Labute approximate surface area is 53.0 Å². The van der Waals surface area contributed by atoms with Crippen LogP contribution in [-0.2, 0) is 14.3 Å². The normalized spacial score (nSPS) is 12.4. The summed E-state index contributed by atoms with van der Waals surface area (Å²) in [5.74, 6) is -0.273. The van der Waals surface area contributed by atoms with Crippen LogP contribution < -0.4 is 0 Å². The first-order valence-corrected chi connectivity index (χ1v) is 3.83. The van der Waals surface area contributed by atoms with Crippen LogP contribution in [0.1, 0.15) is 6.92 Å². The van der Waals surface area contributed by atoms with Gasteiger partial charge in [-0.2, -0.15) is 8.42 Å². The van der Waals surface area contributed by atoms with E-state index in [1.54, 1.807) is 0 Å². The molecule has 0 heterocycles. The smallest absolute Gasteiger partial charge is 0.282 e. The summed E-state index contributed by atoms with van der Waals surface area (Å²) in [5, 5.41) is 15.9. The highest BCUT2D eigenvalue weighted by atomic mass is 32.2. The molecule has 0 aromatic carbocycles. The maximum absolute atomic E-state index is 10.3. The zero-order valence-corrected chi connectivity index (χ0v) is 5.63. The molecule has 0 bridgehead atoms. The van der Waals surface area contributed by atoms with Crippen LogP contribution in [0, 0.1) is 0 Å². The molecule has 56 valence electrons. The molecule has 0 unspecified atom stereocenters. The van der Waals surface area contributed by atoms with Gasteiger partial charge in [-0.15, -0.1) is 0 Å². The van der Waals surface area contributed by atoms with Crippen LogP contribution in [0.4, 0.5) is 0 Å². The molecule has 0 aliphatic rings. The highest BCUT2D eigenvalue weighted by molar-refractivity contribution is 7.86. The van der Waals surface area contributed by atoms with Gasteiger partial charge in [0.05, 0.1) is 5.75 Å². The highest BCUT2D eigenvalue weighted by Gasteiger charge is 2.11. The van der Waals surface area contributed by atoms with E-state index in [1.807, 2.05) is 0 Å². The van der Waals surface area contributed by atoms with Crippen LogP contribution in [0.2, 0.25) is 0 Å². The van der Waals surface area contributed by atoms with E-state index in [9.17, 15) is 8.42 Å². The topological polar surface area (TPSA) is 83.8 Å². The van der Waals surface area contributed by atoms with Crippen molar-refractivity contribution < 1.29 is 22.8 Å². The molecule has 0 spiro atoms. The van der Waals surface area contributed by atoms with Crippen molar-refractivity contribution in [3.05, 3.63) is 0 Å². The van der Waals surface area contributed by atoms with Gasteiger partial charge in [0.1, 0.15) is 0 Å². The minimum Gasteiger partial charge on any atom is -0.345 e. The largest absolute Gasteiger partial charge is 0.345 e. The second kappa shape index (κ2) is 3.11. The van der Waals surface area contributed by atoms with Crippen molar-refractivity contribution in [3.8, 4) is 0 Å². The first-order chi connectivity index (χ1) is 3.98. The lowest BCUT2D eigenvalue weighted by Crippen LogP contribution is -2.18. The third kappa shape index (κ3) is 4.34. The Morgan fingerprint density at radius 2 is 2.00 bits per heavy atom. The van der Waals surface area contributed by atoms with Crippen molar-refractivity contribution in [3.63, 3.8) is 0 Å². The number of rotatable bonds is 3. The summed E-state index contributed by atoms with van der Waals surface area (Å²) >= 11 is 0. The Kier molecular flexibility index (Phi) is 3.06. The second-order valence-corrected chi connectivity index (χ2v) is 3.15. The van der Waals surface area contributed by atoms with Gasteiger partial charge in [-0.3, -0.25) is 0 Å². The molecule has 9 heavy (non-hydrogen) atoms. The monoisotopic (exact) mass is 156 g/mol. The van der Waals surface area contributed by atoms with E-state index in [1.165, 1.54) is 6.92 Å². The molecule has 0 aromatic heterocycles. The zero-order chi connectivity index (χ0) is 7.49. The van der Waals surface area contributed by atoms with Crippen molar-refractivity contribution in [1.82, 2.24) is 0 Å². The van der Waals surface area contributed by atoms with Gasteiger partial charge >= 0.3 is 0 Å². The third-order valence-corrected chi connectivity index (χ3v) is 1.76. The minimum absolute atomic E-state index is 0.273.